The van der Waals surface area contributed by atoms with Crippen LogP contribution < -0.4 is 5.63 Å². The van der Waals surface area contributed by atoms with E-state index in [1.54, 1.807) is 11.8 Å². The van der Waals surface area contributed by atoms with Gasteiger partial charge in [0, 0.05) is 21.7 Å². The molecule has 0 saturated carbocycles. The smallest absolute Gasteiger partial charge is 0.337 e. The number of rotatable bonds is 3. The van der Waals surface area contributed by atoms with Crippen molar-refractivity contribution in [2.24, 2.45) is 0 Å². The second kappa shape index (κ2) is 5.82. The van der Waals surface area contributed by atoms with Crippen molar-refractivity contribution in [2.75, 3.05) is 0 Å². The van der Waals surface area contributed by atoms with Gasteiger partial charge >= 0.3 is 5.63 Å². The fraction of sp³-hybridized carbons (Fsp3) is 0.250. The average Bonchev–Trinajstić information content (AvgIpc) is 2.84. The van der Waals surface area contributed by atoms with Crippen molar-refractivity contribution >= 4 is 34.5 Å². The number of aromatic nitrogens is 2. The van der Waals surface area contributed by atoms with Crippen molar-refractivity contribution in [3.05, 3.63) is 56.0 Å². The van der Waals surface area contributed by atoms with Gasteiger partial charge in [-0.2, -0.15) is 0 Å². The molecule has 0 saturated heterocycles. The summed E-state index contributed by atoms with van der Waals surface area (Å²) in [5.74, 6) is 0.715. The van der Waals surface area contributed by atoms with Crippen molar-refractivity contribution in [1.82, 2.24) is 10.2 Å². The second-order valence-corrected chi connectivity index (χ2v) is 6.71. The molecule has 0 spiro atoms. The van der Waals surface area contributed by atoms with Crippen LogP contribution in [0.2, 0.25) is 5.02 Å². The Kier molecular flexibility index (Phi) is 4.02. The van der Waals surface area contributed by atoms with Gasteiger partial charge in [-0.15, -0.1) is 16.9 Å². The van der Waals surface area contributed by atoms with Crippen LogP contribution in [-0.4, -0.2) is 10.2 Å². The summed E-state index contributed by atoms with van der Waals surface area (Å²) in [6.45, 7) is 5.93. The molecule has 0 atom stereocenters. The van der Waals surface area contributed by atoms with Gasteiger partial charge < -0.3 is 4.42 Å². The van der Waals surface area contributed by atoms with Gasteiger partial charge in [-0.3, -0.25) is 5.10 Å². The lowest BCUT2D eigenvalue weighted by atomic mass is 10.2. The lowest BCUT2D eigenvalue weighted by Crippen LogP contribution is -1.97. The molecular formula is C16H15ClN2O2S. The molecule has 0 aliphatic heterocycles. The third-order valence-electron chi connectivity index (χ3n) is 3.56. The maximum absolute atomic E-state index is 11.4. The highest BCUT2D eigenvalue weighted by Gasteiger charge is 2.12. The monoisotopic (exact) mass is 334 g/mol. The van der Waals surface area contributed by atoms with E-state index >= 15 is 0 Å². The number of nitrogens with one attached hydrogen (secondary N) is 1. The zero-order valence-electron chi connectivity index (χ0n) is 12.5. The van der Waals surface area contributed by atoms with Gasteiger partial charge in [-0.05, 0) is 49.6 Å². The van der Waals surface area contributed by atoms with Crippen LogP contribution in [0.15, 0.2) is 32.3 Å². The van der Waals surface area contributed by atoms with Crippen LogP contribution in [0.4, 0.5) is 0 Å². The summed E-state index contributed by atoms with van der Waals surface area (Å²) < 4.78 is 5.11. The largest absolute Gasteiger partial charge is 0.402 e. The van der Waals surface area contributed by atoms with Gasteiger partial charge in [-0.25, -0.2) is 4.79 Å². The van der Waals surface area contributed by atoms with Gasteiger partial charge in [0.2, 0.25) is 5.71 Å². The first-order valence-electron chi connectivity index (χ1n) is 6.83. The van der Waals surface area contributed by atoms with Crippen molar-refractivity contribution in [1.29, 1.82) is 0 Å². The molecule has 4 nitrogen and oxygen atoms in total. The summed E-state index contributed by atoms with van der Waals surface area (Å²) in [6.07, 6.45) is 0. The number of nitrogens with zero attached hydrogens (tertiary/aromatic N) is 1. The Balaban J connectivity index is 1.92. The van der Waals surface area contributed by atoms with E-state index in [9.17, 15) is 4.79 Å². The van der Waals surface area contributed by atoms with Crippen LogP contribution in [0.5, 0.6) is 0 Å². The quantitative estimate of drug-likeness (QED) is 0.722. The number of hydrogen-bond donors (Lipinski definition) is 1. The van der Waals surface area contributed by atoms with Crippen LogP contribution in [0.1, 0.15) is 22.4 Å². The van der Waals surface area contributed by atoms with Crippen molar-refractivity contribution in [3.8, 4) is 0 Å². The summed E-state index contributed by atoms with van der Waals surface area (Å²) in [5, 5.41) is 8.72. The molecule has 0 bridgehead atoms. The minimum atomic E-state index is -0.375. The topological polar surface area (TPSA) is 58.9 Å². The predicted octanol–water partition coefficient (Wildman–Crippen LogP) is 4.39. The predicted molar refractivity (Wildman–Crippen MR) is 89.9 cm³/mol. The maximum Gasteiger partial charge on any atom is 0.337 e. The van der Waals surface area contributed by atoms with Crippen LogP contribution in [0.25, 0.3) is 11.1 Å². The fourth-order valence-electron chi connectivity index (χ4n) is 2.38. The first-order valence-corrected chi connectivity index (χ1v) is 8.19. The lowest BCUT2D eigenvalue weighted by Gasteiger charge is -2.08. The Morgan fingerprint density at radius 1 is 1.18 bits per heavy atom. The Labute approximate surface area is 136 Å². The maximum atomic E-state index is 11.4. The molecule has 22 heavy (non-hydrogen) atoms. The average molecular weight is 335 g/mol. The lowest BCUT2D eigenvalue weighted by molar-refractivity contribution is 0.547. The van der Waals surface area contributed by atoms with Gasteiger partial charge in [0.25, 0.3) is 0 Å². The van der Waals surface area contributed by atoms with Crippen LogP contribution in [0, 0.1) is 20.8 Å². The first kappa shape index (κ1) is 15.2. The van der Waals surface area contributed by atoms with E-state index in [2.05, 4.69) is 16.3 Å². The normalized spacial score (nSPS) is 11.3. The van der Waals surface area contributed by atoms with Gasteiger partial charge in [0.05, 0.1) is 11.1 Å². The van der Waals surface area contributed by atoms with Crippen LogP contribution in [0.3, 0.4) is 0 Å². The molecule has 1 N–H and O–H groups in total. The molecule has 0 fully saturated rings. The molecule has 3 aromatic rings. The number of aromatic amines is 1. The molecule has 0 unspecified atom stereocenters. The third kappa shape index (κ3) is 2.78. The van der Waals surface area contributed by atoms with Crippen LogP contribution in [-0.2, 0) is 5.75 Å². The number of thioether (sulfide) groups is 1. The molecule has 3 rings (SSSR count). The number of halogens is 1. The van der Waals surface area contributed by atoms with Gasteiger partial charge in [0.15, 0.2) is 0 Å². The first-order chi connectivity index (χ1) is 10.5. The van der Waals surface area contributed by atoms with E-state index in [0.717, 1.165) is 32.8 Å². The molecule has 0 radical (unpaired) electrons. The Bertz CT molecular complexity index is 914. The number of fused-ring (bicyclic) bond motifs is 1. The number of hydrogen-bond acceptors (Lipinski definition) is 4. The molecule has 0 aliphatic carbocycles. The van der Waals surface area contributed by atoms with E-state index in [-0.39, 0.29) is 5.63 Å². The van der Waals surface area contributed by atoms with Gasteiger partial charge in [-0.1, -0.05) is 11.6 Å². The highest BCUT2D eigenvalue weighted by Crippen LogP contribution is 2.31. The zero-order valence-corrected chi connectivity index (χ0v) is 14.1. The fourth-order valence-corrected chi connectivity index (χ4v) is 3.65. The molecule has 2 heterocycles. The Morgan fingerprint density at radius 3 is 2.73 bits per heavy atom. The summed E-state index contributed by atoms with van der Waals surface area (Å²) >= 11 is 7.84. The molecule has 6 heteroatoms. The molecular weight excluding hydrogens is 320 g/mol. The molecule has 114 valence electrons. The van der Waals surface area contributed by atoms with E-state index in [1.807, 2.05) is 26.8 Å². The van der Waals surface area contributed by atoms with Crippen LogP contribution >= 0.6 is 23.4 Å². The highest BCUT2D eigenvalue weighted by atomic mass is 35.5. The minimum absolute atomic E-state index is 0.365. The highest BCUT2D eigenvalue weighted by molar-refractivity contribution is 7.98. The summed E-state index contributed by atoms with van der Waals surface area (Å²) in [6, 6.07) is 5.56. The SMILES string of the molecule is Cc1cc(SCc2[nH]nc3oc(=O)cc(C)c23)c(C)cc1Cl. The standard InChI is InChI=1S/C16H15ClN2O2S/c1-8-5-13(9(2)4-11(8)17)22-7-12-15-10(3)6-14(20)21-16(15)19-18-12/h4-6H,7H2,1-3H3,(H,18,19). The van der Waals surface area contributed by atoms with Crippen molar-refractivity contribution < 1.29 is 4.42 Å². The summed E-state index contributed by atoms with van der Waals surface area (Å²) in [5.41, 5.74) is 4.02. The molecule has 0 amide bonds. The molecule has 2 aromatic heterocycles. The number of benzene rings is 1. The Hall–Kier alpha value is -1.72. The van der Waals surface area contributed by atoms with Crippen molar-refractivity contribution in [3.63, 3.8) is 0 Å². The van der Waals surface area contributed by atoms with E-state index < -0.39 is 0 Å². The molecule has 0 aliphatic rings. The van der Waals surface area contributed by atoms with E-state index in [4.69, 9.17) is 16.0 Å². The van der Waals surface area contributed by atoms with Crippen molar-refractivity contribution in [2.45, 2.75) is 31.4 Å². The Morgan fingerprint density at radius 2 is 1.95 bits per heavy atom. The summed E-state index contributed by atoms with van der Waals surface area (Å²) in [7, 11) is 0. The zero-order chi connectivity index (χ0) is 15.9. The minimum Gasteiger partial charge on any atom is -0.402 e. The summed E-state index contributed by atoms with van der Waals surface area (Å²) in [4.78, 5) is 12.5. The van der Waals surface area contributed by atoms with E-state index in [1.165, 1.54) is 11.0 Å². The second-order valence-electron chi connectivity index (χ2n) is 5.29. The van der Waals surface area contributed by atoms with E-state index in [0.29, 0.717) is 11.5 Å². The molecule has 1 aromatic carbocycles. The van der Waals surface area contributed by atoms with Gasteiger partial charge in [0.1, 0.15) is 0 Å². The third-order valence-corrected chi connectivity index (χ3v) is 5.15. The number of aryl methyl sites for hydroxylation is 3. The number of H-pyrrole nitrogens is 1.